The van der Waals surface area contributed by atoms with E-state index in [0.29, 0.717) is 22.0 Å². The summed E-state index contributed by atoms with van der Waals surface area (Å²) in [4.78, 5) is 12.0. The second-order valence-electron chi connectivity index (χ2n) is 3.70. The third-order valence-corrected chi connectivity index (χ3v) is 3.07. The predicted octanol–water partition coefficient (Wildman–Crippen LogP) is 3.94. The molecule has 0 saturated heterocycles. The second kappa shape index (κ2) is 5.42. The first-order chi connectivity index (χ1) is 8.56. The van der Waals surface area contributed by atoms with Gasteiger partial charge in [-0.05, 0) is 36.4 Å². The topological polar surface area (TPSA) is 55.1 Å². The predicted molar refractivity (Wildman–Crippen MR) is 78.0 cm³/mol. The van der Waals surface area contributed by atoms with Crippen LogP contribution in [-0.2, 0) is 0 Å². The number of anilines is 2. The molecule has 0 aliphatic heterocycles. The Labute approximate surface area is 118 Å². The molecule has 0 aromatic heterocycles. The molecule has 2 aromatic carbocycles. The van der Waals surface area contributed by atoms with E-state index in [1.165, 1.54) is 0 Å². The lowest BCUT2D eigenvalue weighted by atomic mass is 10.1. The molecule has 92 valence electrons. The van der Waals surface area contributed by atoms with Crippen LogP contribution in [0.4, 0.5) is 11.4 Å². The highest BCUT2D eigenvalue weighted by molar-refractivity contribution is 9.10. The highest BCUT2D eigenvalue weighted by Crippen LogP contribution is 2.21. The van der Waals surface area contributed by atoms with Crippen LogP contribution in [0.1, 0.15) is 10.4 Å². The molecule has 5 heteroatoms. The van der Waals surface area contributed by atoms with Crippen molar-refractivity contribution in [2.24, 2.45) is 0 Å². The molecule has 3 N–H and O–H groups in total. The van der Waals surface area contributed by atoms with Crippen LogP contribution in [0.3, 0.4) is 0 Å². The zero-order valence-electron chi connectivity index (χ0n) is 9.28. The number of rotatable bonds is 2. The van der Waals surface area contributed by atoms with E-state index in [9.17, 15) is 4.79 Å². The van der Waals surface area contributed by atoms with Gasteiger partial charge in [0, 0.05) is 20.9 Å². The maximum Gasteiger partial charge on any atom is 0.257 e. The lowest BCUT2D eigenvalue weighted by Crippen LogP contribution is -2.13. The number of benzene rings is 2. The monoisotopic (exact) mass is 324 g/mol. The summed E-state index contributed by atoms with van der Waals surface area (Å²) in [7, 11) is 0. The van der Waals surface area contributed by atoms with Gasteiger partial charge in [0.15, 0.2) is 0 Å². The van der Waals surface area contributed by atoms with Crippen molar-refractivity contribution >= 4 is 44.8 Å². The maximum atomic E-state index is 12.0. The van der Waals surface area contributed by atoms with E-state index in [-0.39, 0.29) is 5.91 Å². The Bertz CT molecular complexity index is 601. The molecular formula is C13H10BrClN2O. The smallest absolute Gasteiger partial charge is 0.257 e. The standard InChI is InChI=1S/C13H10BrClN2O/c14-8-4-5-11(12(16)6-8)13(18)17-10-3-1-2-9(15)7-10/h1-7H,16H2,(H,17,18). The van der Waals surface area contributed by atoms with Crippen molar-refractivity contribution < 1.29 is 4.79 Å². The van der Waals surface area contributed by atoms with Gasteiger partial charge in [-0.1, -0.05) is 33.6 Å². The van der Waals surface area contributed by atoms with Crippen LogP contribution in [-0.4, -0.2) is 5.91 Å². The summed E-state index contributed by atoms with van der Waals surface area (Å²) in [5.41, 5.74) is 7.27. The number of hydrogen-bond donors (Lipinski definition) is 2. The van der Waals surface area contributed by atoms with Crippen molar-refractivity contribution in [2.45, 2.75) is 0 Å². The Morgan fingerprint density at radius 3 is 2.67 bits per heavy atom. The SMILES string of the molecule is Nc1cc(Br)ccc1C(=O)Nc1cccc(Cl)c1. The molecule has 0 aliphatic carbocycles. The number of nitrogens with two attached hydrogens (primary N) is 1. The van der Waals surface area contributed by atoms with Crippen LogP contribution >= 0.6 is 27.5 Å². The third-order valence-electron chi connectivity index (χ3n) is 2.34. The number of halogens is 2. The zero-order chi connectivity index (χ0) is 13.1. The average molecular weight is 326 g/mol. The van der Waals surface area contributed by atoms with E-state index >= 15 is 0 Å². The van der Waals surface area contributed by atoms with Gasteiger partial charge >= 0.3 is 0 Å². The van der Waals surface area contributed by atoms with Crippen molar-refractivity contribution in [3.05, 3.63) is 57.5 Å². The Morgan fingerprint density at radius 1 is 1.22 bits per heavy atom. The van der Waals surface area contributed by atoms with E-state index in [0.717, 1.165) is 4.47 Å². The molecule has 0 spiro atoms. The zero-order valence-corrected chi connectivity index (χ0v) is 11.6. The first kappa shape index (κ1) is 12.9. The molecular weight excluding hydrogens is 316 g/mol. The van der Waals surface area contributed by atoms with Gasteiger partial charge < -0.3 is 11.1 Å². The van der Waals surface area contributed by atoms with E-state index in [4.69, 9.17) is 17.3 Å². The minimum Gasteiger partial charge on any atom is -0.398 e. The highest BCUT2D eigenvalue weighted by Gasteiger charge is 2.10. The Balaban J connectivity index is 2.22. The minimum absolute atomic E-state index is 0.262. The molecule has 18 heavy (non-hydrogen) atoms. The average Bonchev–Trinajstić information content (AvgIpc) is 2.28. The van der Waals surface area contributed by atoms with Crippen LogP contribution in [0, 0.1) is 0 Å². The summed E-state index contributed by atoms with van der Waals surface area (Å²) in [6.45, 7) is 0. The maximum absolute atomic E-state index is 12.0. The van der Waals surface area contributed by atoms with Gasteiger partial charge in [0.25, 0.3) is 5.91 Å². The molecule has 2 aromatic rings. The molecule has 1 amide bonds. The quantitative estimate of drug-likeness (QED) is 0.822. The summed E-state index contributed by atoms with van der Waals surface area (Å²) in [6, 6.07) is 12.1. The summed E-state index contributed by atoms with van der Waals surface area (Å²) in [5, 5.41) is 3.31. The molecule has 2 rings (SSSR count). The molecule has 0 radical (unpaired) electrons. The van der Waals surface area contributed by atoms with Gasteiger partial charge in [0.1, 0.15) is 0 Å². The van der Waals surface area contributed by atoms with Crippen molar-refractivity contribution in [1.82, 2.24) is 0 Å². The molecule has 3 nitrogen and oxygen atoms in total. The van der Waals surface area contributed by atoms with Crippen LogP contribution < -0.4 is 11.1 Å². The molecule has 0 heterocycles. The summed E-state index contributed by atoms with van der Waals surface area (Å²) >= 11 is 9.14. The van der Waals surface area contributed by atoms with E-state index < -0.39 is 0 Å². The lowest BCUT2D eigenvalue weighted by molar-refractivity contribution is 0.102. The van der Waals surface area contributed by atoms with Crippen LogP contribution in [0.5, 0.6) is 0 Å². The number of hydrogen-bond acceptors (Lipinski definition) is 2. The summed E-state index contributed by atoms with van der Waals surface area (Å²) < 4.78 is 0.833. The van der Waals surface area contributed by atoms with E-state index in [2.05, 4.69) is 21.2 Å². The summed E-state index contributed by atoms with van der Waals surface area (Å²) in [6.07, 6.45) is 0. The number of amides is 1. The van der Waals surface area contributed by atoms with Crippen molar-refractivity contribution in [1.29, 1.82) is 0 Å². The van der Waals surface area contributed by atoms with Gasteiger partial charge in [0.05, 0.1) is 5.56 Å². The number of nitrogen functional groups attached to an aromatic ring is 1. The van der Waals surface area contributed by atoms with Gasteiger partial charge in [-0.2, -0.15) is 0 Å². The minimum atomic E-state index is -0.262. The Kier molecular flexibility index (Phi) is 3.89. The van der Waals surface area contributed by atoms with Gasteiger partial charge in [-0.25, -0.2) is 0 Å². The van der Waals surface area contributed by atoms with E-state index in [1.807, 2.05) is 0 Å². The van der Waals surface area contributed by atoms with Gasteiger partial charge in [-0.15, -0.1) is 0 Å². The molecule has 0 fully saturated rings. The highest BCUT2D eigenvalue weighted by atomic mass is 79.9. The van der Waals surface area contributed by atoms with E-state index in [1.54, 1.807) is 42.5 Å². The number of nitrogens with one attached hydrogen (secondary N) is 1. The number of carbonyl (C=O) groups excluding carboxylic acids is 1. The Hall–Kier alpha value is -1.52. The normalized spacial score (nSPS) is 10.1. The van der Waals surface area contributed by atoms with Crippen LogP contribution in [0.2, 0.25) is 5.02 Å². The van der Waals surface area contributed by atoms with Crippen molar-refractivity contribution in [3.8, 4) is 0 Å². The molecule has 0 unspecified atom stereocenters. The second-order valence-corrected chi connectivity index (χ2v) is 5.05. The van der Waals surface area contributed by atoms with Gasteiger partial charge in [0.2, 0.25) is 0 Å². The number of carbonyl (C=O) groups is 1. The Morgan fingerprint density at radius 2 is 2.00 bits per heavy atom. The first-order valence-electron chi connectivity index (χ1n) is 5.18. The lowest BCUT2D eigenvalue weighted by Gasteiger charge is -2.08. The van der Waals surface area contributed by atoms with Crippen molar-refractivity contribution in [2.75, 3.05) is 11.1 Å². The van der Waals surface area contributed by atoms with Gasteiger partial charge in [-0.3, -0.25) is 4.79 Å². The van der Waals surface area contributed by atoms with Crippen molar-refractivity contribution in [3.63, 3.8) is 0 Å². The third kappa shape index (κ3) is 3.03. The fourth-order valence-corrected chi connectivity index (χ4v) is 2.07. The largest absolute Gasteiger partial charge is 0.398 e. The molecule has 0 bridgehead atoms. The first-order valence-corrected chi connectivity index (χ1v) is 6.35. The molecule has 0 saturated carbocycles. The fraction of sp³-hybridized carbons (Fsp3) is 0. The fourth-order valence-electron chi connectivity index (χ4n) is 1.51. The summed E-state index contributed by atoms with van der Waals surface area (Å²) in [5.74, 6) is -0.262. The van der Waals surface area contributed by atoms with Crippen LogP contribution in [0.15, 0.2) is 46.9 Å². The molecule has 0 atom stereocenters. The van der Waals surface area contributed by atoms with Crippen LogP contribution in [0.25, 0.3) is 0 Å². The molecule has 0 aliphatic rings.